The Hall–Kier alpha value is -3.32. The van der Waals surface area contributed by atoms with E-state index in [-0.39, 0.29) is 29.1 Å². The third-order valence-corrected chi connectivity index (χ3v) is 6.30. The number of ether oxygens (including phenoxy) is 2. The molecule has 0 saturated heterocycles. The quantitative estimate of drug-likeness (QED) is 0.377. The van der Waals surface area contributed by atoms with E-state index in [1.54, 1.807) is 12.1 Å². The molecule has 2 heterocycles. The van der Waals surface area contributed by atoms with Crippen molar-refractivity contribution in [2.24, 2.45) is 0 Å². The highest BCUT2D eigenvalue weighted by Gasteiger charge is 2.31. The summed E-state index contributed by atoms with van der Waals surface area (Å²) in [6.07, 6.45) is -4.55. The molecule has 1 aromatic heterocycles. The lowest BCUT2D eigenvalue weighted by molar-refractivity contribution is -0.137. The maximum Gasteiger partial charge on any atom is 0.416 e. The predicted octanol–water partition coefficient (Wildman–Crippen LogP) is 3.95. The number of carbonyl (C=O) groups is 2. The lowest BCUT2D eigenvalue weighted by atomic mass is 10.1. The fourth-order valence-electron chi connectivity index (χ4n) is 2.75. The number of fused-ring (bicyclic) bond motifs is 1. The highest BCUT2D eigenvalue weighted by atomic mass is 32.2. The third kappa shape index (κ3) is 5.93. The minimum atomic E-state index is -4.55. The number of amides is 2. The monoisotopic (exact) mass is 496 g/mol. The summed E-state index contributed by atoms with van der Waals surface area (Å²) in [6, 6.07) is 9.46. The lowest BCUT2D eigenvalue weighted by Gasteiger charge is -2.08. The van der Waals surface area contributed by atoms with Crippen molar-refractivity contribution in [1.29, 1.82) is 0 Å². The fraction of sp³-hybridized carbons (Fsp3) is 0.200. The number of halogens is 3. The Labute approximate surface area is 193 Å². The Morgan fingerprint density at radius 2 is 1.91 bits per heavy atom. The van der Waals surface area contributed by atoms with Gasteiger partial charge in [0.25, 0.3) is 5.91 Å². The zero-order chi connectivity index (χ0) is 23.4. The Bertz CT molecular complexity index is 1190. The Balaban J connectivity index is 1.25. The summed E-state index contributed by atoms with van der Waals surface area (Å²) in [5.41, 5.74) is -0.222. The SMILES string of the molecule is O=C(CSc1nnc(NC(=O)c2cccc(C(F)(F)F)c2)s1)NCc1ccc2c(c1)OCO2. The molecule has 0 fully saturated rings. The standard InChI is InChI=1S/C20H15F3N4O4S2/c21-20(22,23)13-3-1-2-12(7-13)17(29)25-18-26-27-19(33-18)32-9-16(28)24-8-11-4-5-14-15(6-11)31-10-30-14/h1-7H,8-10H2,(H,24,28)(H,25,26,29). The van der Waals surface area contributed by atoms with Gasteiger partial charge < -0.3 is 14.8 Å². The van der Waals surface area contributed by atoms with Crippen molar-refractivity contribution >= 4 is 40.0 Å². The first-order valence-electron chi connectivity index (χ1n) is 9.38. The molecule has 13 heteroatoms. The van der Waals surface area contributed by atoms with Crippen LogP contribution in [0.1, 0.15) is 21.5 Å². The Kier molecular flexibility index (Phi) is 6.70. The second-order valence-electron chi connectivity index (χ2n) is 6.66. The average molecular weight is 496 g/mol. The summed E-state index contributed by atoms with van der Waals surface area (Å²) < 4.78 is 49.4. The van der Waals surface area contributed by atoms with Crippen molar-refractivity contribution in [2.45, 2.75) is 17.1 Å². The zero-order valence-electron chi connectivity index (χ0n) is 16.6. The van der Waals surface area contributed by atoms with E-state index in [9.17, 15) is 22.8 Å². The number of carbonyl (C=O) groups excluding carboxylic acids is 2. The minimum Gasteiger partial charge on any atom is -0.454 e. The van der Waals surface area contributed by atoms with E-state index in [4.69, 9.17) is 9.47 Å². The first-order chi connectivity index (χ1) is 15.8. The van der Waals surface area contributed by atoms with Crippen LogP contribution in [0.15, 0.2) is 46.8 Å². The van der Waals surface area contributed by atoms with Crippen molar-refractivity contribution < 1.29 is 32.2 Å². The summed E-state index contributed by atoms with van der Waals surface area (Å²) in [4.78, 5) is 24.3. The van der Waals surface area contributed by atoms with Crippen LogP contribution in [0, 0.1) is 0 Å². The minimum absolute atomic E-state index is 0.0702. The van der Waals surface area contributed by atoms with E-state index in [0.717, 1.165) is 46.9 Å². The molecule has 0 saturated carbocycles. The van der Waals surface area contributed by atoms with Crippen LogP contribution in [0.3, 0.4) is 0 Å². The first-order valence-corrected chi connectivity index (χ1v) is 11.2. The second kappa shape index (κ2) is 9.67. The molecule has 8 nitrogen and oxygen atoms in total. The van der Waals surface area contributed by atoms with Crippen molar-refractivity contribution in [3.05, 3.63) is 59.2 Å². The molecule has 33 heavy (non-hydrogen) atoms. The molecule has 172 valence electrons. The Morgan fingerprint density at radius 3 is 2.73 bits per heavy atom. The van der Waals surface area contributed by atoms with Crippen LogP contribution in [0.25, 0.3) is 0 Å². The van der Waals surface area contributed by atoms with Crippen LogP contribution in [0.2, 0.25) is 0 Å². The summed E-state index contributed by atoms with van der Waals surface area (Å²) >= 11 is 2.13. The van der Waals surface area contributed by atoms with E-state index in [1.807, 2.05) is 6.07 Å². The molecule has 0 unspecified atom stereocenters. The van der Waals surface area contributed by atoms with Crippen LogP contribution in [0.4, 0.5) is 18.3 Å². The van der Waals surface area contributed by atoms with Crippen molar-refractivity contribution in [3.63, 3.8) is 0 Å². The number of rotatable bonds is 7. The molecule has 2 aromatic carbocycles. The first kappa shape index (κ1) is 22.9. The van der Waals surface area contributed by atoms with E-state index >= 15 is 0 Å². The largest absolute Gasteiger partial charge is 0.454 e. The molecule has 2 amide bonds. The molecule has 1 aliphatic rings. The normalized spacial score (nSPS) is 12.5. The van der Waals surface area contributed by atoms with Crippen LogP contribution in [0.5, 0.6) is 11.5 Å². The molecule has 0 aliphatic carbocycles. The number of alkyl halides is 3. The molecule has 0 atom stereocenters. The smallest absolute Gasteiger partial charge is 0.416 e. The summed E-state index contributed by atoms with van der Waals surface area (Å²) in [5, 5.41) is 13.0. The van der Waals surface area contributed by atoms with E-state index in [2.05, 4.69) is 20.8 Å². The Morgan fingerprint density at radius 1 is 1.09 bits per heavy atom. The van der Waals surface area contributed by atoms with Crippen molar-refractivity contribution in [1.82, 2.24) is 15.5 Å². The topological polar surface area (TPSA) is 102 Å². The van der Waals surface area contributed by atoms with E-state index in [0.29, 0.717) is 22.4 Å². The predicted molar refractivity (Wildman–Crippen MR) is 114 cm³/mol. The lowest BCUT2D eigenvalue weighted by Crippen LogP contribution is -2.24. The van der Waals surface area contributed by atoms with Crippen LogP contribution < -0.4 is 20.1 Å². The number of aromatic nitrogens is 2. The maximum absolute atomic E-state index is 12.8. The average Bonchev–Trinajstić information content (AvgIpc) is 3.44. The highest BCUT2D eigenvalue weighted by molar-refractivity contribution is 8.01. The number of hydrogen-bond donors (Lipinski definition) is 2. The molecule has 0 bridgehead atoms. The molecular weight excluding hydrogens is 481 g/mol. The summed E-state index contributed by atoms with van der Waals surface area (Å²) in [7, 11) is 0. The van der Waals surface area contributed by atoms with Gasteiger partial charge in [0, 0.05) is 12.1 Å². The maximum atomic E-state index is 12.8. The number of hydrogen-bond acceptors (Lipinski definition) is 8. The van der Waals surface area contributed by atoms with Gasteiger partial charge in [-0.15, -0.1) is 10.2 Å². The van der Waals surface area contributed by atoms with Gasteiger partial charge in [0.1, 0.15) is 0 Å². The van der Waals surface area contributed by atoms with Crippen molar-refractivity contribution in [3.8, 4) is 11.5 Å². The number of thioether (sulfide) groups is 1. The fourth-order valence-corrected chi connectivity index (χ4v) is 4.33. The number of anilines is 1. The molecule has 2 N–H and O–H groups in total. The van der Waals surface area contributed by atoms with Gasteiger partial charge in [-0.2, -0.15) is 13.2 Å². The van der Waals surface area contributed by atoms with Gasteiger partial charge in [0.05, 0.1) is 11.3 Å². The van der Waals surface area contributed by atoms with Crippen LogP contribution >= 0.6 is 23.1 Å². The van der Waals surface area contributed by atoms with Crippen LogP contribution in [-0.2, 0) is 17.5 Å². The summed E-state index contributed by atoms with van der Waals surface area (Å²) in [6.45, 7) is 0.483. The van der Waals surface area contributed by atoms with Gasteiger partial charge >= 0.3 is 6.18 Å². The van der Waals surface area contributed by atoms with Crippen molar-refractivity contribution in [2.75, 3.05) is 17.9 Å². The van der Waals surface area contributed by atoms with Gasteiger partial charge in [0.15, 0.2) is 15.8 Å². The van der Waals surface area contributed by atoms with Crippen LogP contribution in [-0.4, -0.2) is 34.6 Å². The van der Waals surface area contributed by atoms with Gasteiger partial charge in [-0.3, -0.25) is 14.9 Å². The molecule has 0 radical (unpaired) electrons. The van der Waals surface area contributed by atoms with E-state index in [1.165, 1.54) is 6.07 Å². The van der Waals surface area contributed by atoms with Gasteiger partial charge in [0.2, 0.25) is 17.8 Å². The molecule has 1 aliphatic heterocycles. The van der Waals surface area contributed by atoms with E-state index < -0.39 is 17.6 Å². The van der Waals surface area contributed by atoms with Gasteiger partial charge in [-0.1, -0.05) is 35.2 Å². The molecular formula is C20H15F3N4O4S2. The zero-order valence-corrected chi connectivity index (χ0v) is 18.3. The second-order valence-corrected chi connectivity index (χ2v) is 8.86. The highest BCUT2D eigenvalue weighted by Crippen LogP contribution is 2.33. The molecule has 4 rings (SSSR count). The van der Waals surface area contributed by atoms with Gasteiger partial charge in [-0.05, 0) is 35.9 Å². The number of nitrogens with one attached hydrogen (secondary N) is 2. The van der Waals surface area contributed by atoms with Gasteiger partial charge in [-0.25, -0.2) is 0 Å². The number of benzene rings is 2. The molecule has 3 aromatic rings. The third-order valence-electron chi connectivity index (χ3n) is 4.33. The molecule has 0 spiro atoms. The number of nitrogens with zero attached hydrogens (tertiary/aromatic N) is 2. The summed E-state index contributed by atoms with van der Waals surface area (Å²) in [5.74, 6) is 0.385.